The number of nitrogens with zero attached hydrogens (tertiary/aromatic N) is 2. The second-order valence-electron chi connectivity index (χ2n) is 8.39. The van der Waals surface area contributed by atoms with Crippen molar-refractivity contribution in [2.24, 2.45) is 5.73 Å². The van der Waals surface area contributed by atoms with Crippen LogP contribution >= 0.6 is 24.0 Å². The number of hydrogen-bond donors (Lipinski definition) is 1. The lowest BCUT2D eigenvalue weighted by Crippen LogP contribution is -2.46. The standard InChI is InChI=1S/C24H28ClN3O3.ClH/c1-31-22(29)17-5-7-20(8-6-17)27-13-14-28(23(27)30)21-9-11-24(16-26,12-10-21)18-3-2-4-19(25)15-18;/h2-8,15,21H,9-14,16,26H2,1H3;1H. The van der Waals surface area contributed by atoms with Crippen molar-refractivity contribution in [2.45, 2.75) is 37.1 Å². The highest BCUT2D eigenvalue weighted by molar-refractivity contribution is 6.30. The number of anilines is 1. The minimum Gasteiger partial charge on any atom is -0.465 e. The number of benzene rings is 2. The fourth-order valence-electron chi connectivity index (χ4n) is 4.92. The molecule has 0 bridgehead atoms. The van der Waals surface area contributed by atoms with Crippen LogP contribution in [0.5, 0.6) is 0 Å². The number of ether oxygens (including phenoxy) is 1. The van der Waals surface area contributed by atoms with Crippen molar-refractivity contribution in [3.63, 3.8) is 0 Å². The Kier molecular flexibility index (Phi) is 7.70. The number of carbonyl (C=O) groups excluding carboxylic acids is 2. The van der Waals surface area contributed by atoms with Crippen molar-refractivity contribution in [1.82, 2.24) is 4.90 Å². The smallest absolute Gasteiger partial charge is 0.337 e. The maximum absolute atomic E-state index is 13.1. The van der Waals surface area contributed by atoms with Gasteiger partial charge in [0.2, 0.25) is 0 Å². The fraction of sp³-hybridized carbons (Fsp3) is 0.417. The summed E-state index contributed by atoms with van der Waals surface area (Å²) >= 11 is 6.22. The Balaban J connectivity index is 0.00000289. The maximum atomic E-state index is 13.1. The highest BCUT2D eigenvalue weighted by Gasteiger charge is 2.41. The molecule has 1 aliphatic carbocycles. The fourth-order valence-corrected chi connectivity index (χ4v) is 5.11. The predicted octanol–water partition coefficient (Wildman–Crippen LogP) is 4.63. The van der Waals surface area contributed by atoms with Crippen LogP contribution in [0.25, 0.3) is 0 Å². The van der Waals surface area contributed by atoms with Crippen molar-refractivity contribution < 1.29 is 14.3 Å². The van der Waals surface area contributed by atoms with Crippen LogP contribution in [0.2, 0.25) is 5.02 Å². The van der Waals surface area contributed by atoms with Crippen molar-refractivity contribution in [3.8, 4) is 0 Å². The monoisotopic (exact) mass is 477 g/mol. The van der Waals surface area contributed by atoms with E-state index in [2.05, 4.69) is 6.07 Å². The molecule has 1 aliphatic heterocycles. The minimum atomic E-state index is -0.383. The van der Waals surface area contributed by atoms with Crippen LogP contribution in [0.4, 0.5) is 10.5 Å². The number of amides is 2. The first-order valence-corrected chi connectivity index (χ1v) is 11.1. The summed E-state index contributed by atoms with van der Waals surface area (Å²) in [6, 6.07) is 15.2. The second kappa shape index (κ2) is 10.1. The van der Waals surface area contributed by atoms with E-state index >= 15 is 0 Å². The average Bonchev–Trinajstić information content (AvgIpc) is 3.20. The van der Waals surface area contributed by atoms with Gasteiger partial charge in [0.15, 0.2) is 0 Å². The molecular formula is C24H29Cl2N3O3. The van der Waals surface area contributed by atoms with Gasteiger partial charge in [-0.2, -0.15) is 0 Å². The summed E-state index contributed by atoms with van der Waals surface area (Å²) in [4.78, 5) is 28.6. The zero-order chi connectivity index (χ0) is 22.0. The molecule has 4 rings (SSSR count). The van der Waals surface area contributed by atoms with Crippen LogP contribution in [0, 0.1) is 0 Å². The van der Waals surface area contributed by atoms with Gasteiger partial charge < -0.3 is 15.4 Å². The summed E-state index contributed by atoms with van der Waals surface area (Å²) in [5.74, 6) is -0.383. The number of halogens is 2. The van der Waals surface area contributed by atoms with E-state index in [1.807, 2.05) is 23.1 Å². The second-order valence-corrected chi connectivity index (χ2v) is 8.83. The first-order chi connectivity index (χ1) is 15.0. The highest BCUT2D eigenvalue weighted by atomic mass is 35.5. The van der Waals surface area contributed by atoms with E-state index in [-0.39, 0.29) is 35.9 Å². The molecule has 1 saturated carbocycles. The molecular weight excluding hydrogens is 449 g/mol. The lowest BCUT2D eigenvalue weighted by atomic mass is 9.68. The zero-order valence-electron chi connectivity index (χ0n) is 18.1. The van der Waals surface area contributed by atoms with E-state index in [1.54, 1.807) is 29.2 Å². The molecule has 2 fully saturated rings. The Morgan fingerprint density at radius 2 is 1.84 bits per heavy atom. The van der Waals surface area contributed by atoms with Gasteiger partial charge in [0, 0.05) is 41.8 Å². The number of hydrogen-bond acceptors (Lipinski definition) is 4. The molecule has 2 aromatic carbocycles. The van der Waals surface area contributed by atoms with E-state index < -0.39 is 0 Å². The van der Waals surface area contributed by atoms with Crippen LogP contribution in [-0.2, 0) is 10.2 Å². The van der Waals surface area contributed by atoms with E-state index in [4.69, 9.17) is 22.1 Å². The molecule has 0 radical (unpaired) electrons. The van der Waals surface area contributed by atoms with Gasteiger partial charge >= 0.3 is 12.0 Å². The third-order valence-electron chi connectivity index (χ3n) is 6.82. The van der Waals surface area contributed by atoms with Crippen molar-refractivity contribution in [1.29, 1.82) is 0 Å². The van der Waals surface area contributed by atoms with E-state index in [1.165, 1.54) is 12.7 Å². The number of nitrogens with two attached hydrogens (primary N) is 1. The van der Waals surface area contributed by atoms with Gasteiger partial charge in [-0.05, 0) is 67.6 Å². The number of urea groups is 1. The molecule has 2 aromatic rings. The quantitative estimate of drug-likeness (QED) is 0.636. The molecule has 6 nitrogen and oxygen atoms in total. The van der Waals surface area contributed by atoms with Gasteiger partial charge in [-0.15, -0.1) is 12.4 Å². The normalized spacial score (nSPS) is 23.1. The number of methoxy groups -OCH3 is 1. The minimum absolute atomic E-state index is 0. The zero-order valence-corrected chi connectivity index (χ0v) is 19.7. The molecule has 2 N–H and O–H groups in total. The lowest BCUT2D eigenvalue weighted by molar-refractivity contribution is 0.0600. The first kappa shape index (κ1) is 24.4. The summed E-state index contributed by atoms with van der Waals surface area (Å²) < 4.78 is 4.74. The van der Waals surface area contributed by atoms with E-state index in [9.17, 15) is 9.59 Å². The van der Waals surface area contributed by atoms with Crippen LogP contribution in [0.15, 0.2) is 48.5 Å². The summed E-state index contributed by atoms with van der Waals surface area (Å²) in [7, 11) is 1.36. The molecule has 1 heterocycles. The average molecular weight is 478 g/mol. The molecule has 8 heteroatoms. The first-order valence-electron chi connectivity index (χ1n) is 10.7. The number of esters is 1. The Hall–Kier alpha value is -2.28. The Labute approximate surface area is 200 Å². The van der Waals surface area contributed by atoms with Crippen LogP contribution in [0.1, 0.15) is 41.6 Å². The lowest BCUT2D eigenvalue weighted by Gasteiger charge is -2.42. The van der Waals surface area contributed by atoms with Crippen LogP contribution in [0.3, 0.4) is 0 Å². The molecule has 32 heavy (non-hydrogen) atoms. The van der Waals surface area contributed by atoms with Crippen LogP contribution < -0.4 is 10.6 Å². The molecule has 172 valence electrons. The van der Waals surface area contributed by atoms with Gasteiger partial charge in [0.1, 0.15) is 0 Å². The van der Waals surface area contributed by atoms with Gasteiger partial charge in [0.05, 0.1) is 12.7 Å². The predicted molar refractivity (Wildman–Crippen MR) is 129 cm³/mol. The maximum Gasteiger partial charge on any atom is 0.337 e. The largest absolute Gasteiger partial charge is 0.465 e. The molecule has 0 unspecified atom stereocenters. The van der Waals surface area contributed by atoms with Crippen LogP contribution in [-0.4, -0.2) is 49.7 Å². The molecule has 1 saturated heterocycles. The molecule has 0 atom stereocenters. The summed E-state index contributed by atoms with van der Waals surface area (Å²) in [6.07, 6.45) is 3.72. The topological polar surface area (TPSA) is 75.9 Å². The summed E-state index contributed by atoms with van der Waals surface area (Å²) in [5.41, 5.74) is 8.61. The number of rotatable bonds is 5. The molecule has 0 spiro atoms. The molecule has 2 aliphatic rings. The summed E-state index contributed by atoms with van der Waals surface area (Å²) in [6.45, 7) is 1.92. The Bertz CT molecular complexity index is 959. The molecule has 0 aromatic heterocycles. The van der Waals surface area contributed by atoms with Crippen molar-refractivity contribution in [2.75, 3.05) is 31.6 Å². The molecule has 2 amide bonds. The number of carbonyl (C=O) groups is 2. The van der Waals surface area contributed by atoms with Crippen molar-refractivity contribution >= 4 is 41.7 Å². The third-order valence-corrected chi connectivity index (χ3v) is 7.06. The van der Waals surface area contributed by atoms with E-state index in [0.717, 1.165) is 36.4 Å². The van der Waals surface area contributed by atoms with Gasteiger partial charge in [-0.3, -0.25) is 4.90 Å². The third kappa shape index (κ3) is 4.58. The van der Waals surface area contributed by atoms with E-state index in [0.29, 0.717) is 25.2 Å². The van der Waals surface area contributed by atoms with Gasteiger partial charge in [0.25, 0.3) is 0 Å². The Morgan fingerprint density at radius 1 is 1.16 bits per heavy atom. The van der Waals surface area contributed by atoms with Gasteiger partial charge in [-0.1, -0.05) is 23.7 Å². The summed E-state index contributed by atoms with van der Waals surface area (Å²) in [5, 5.41) is 0.732. The Morgan fingerprint density at radius 3 is 2.44 bits per heavy atom. The highest BCUT2D eigenvalue weighted by Crippen LogP contribution is 2.41. The SMILES string of the molecule is COC(=O)c1ccc(N2CCN(C3CCC(CN)(c4cccc(Cl)c4)CC3)C2=O)cc1.Cl. The van der Waals surface area contributed by atoms with Crippen molar-refractivity contribution in [3.05, 3.63) is 64.7 Å². The van der Waals surface area contributed by atoms with Gasteiger partial charge in [-0.25, -0.2) is 9.59 Å².